The minimum absolute atomic E-state index is 0.0396. The van der Waals surface area contributed by atoms with Gasteiger partial charge in [0.2, 0.25) is 0 Å². The molecule has 1 aliphatic rings. The lowest BCUT2D eigenvalue weighted by atomic mass is 9.85. The molecule has 0 amide bonds. The molecule has 4 rings (SSSR count). The second kappa shape index (κ2) is 4.58. The number of imidazole rings is 1. The zero-order valence-electron chi connectivity index (χ0n) is 12.0. The highest BCUT2D eigenvalue weighted by molar-refractivity contribution is 5.99. The summed E-state index contributed by atoms with van der Waals surface area (Å²) in [6.07, 6.45) is 6.26. The van der Waals surface area contributed by atoms with Crippen LogP contribution in [0.25, 0.3) is 5.52 Å². The van der Waals surface area contributed by atoms with Crippen molar-refractivity contribution in [3.05, 3.63) is 59.4 Å². The monoisotopic (exact) mass is 279 g/mol. The number of aromatic amines is 1. The number of pyridine rings is 1. The van der Waals surface area contributed by atoms with Gasteiger partial charge in [-0.2, -0.15) is 0 Å². The fourth-order valence-electron chi connectivity index (χ4n) is 3.38. The summed E-state index contributed by atoms with van der Waals surface area (Å²) in [5.74, 6) is 0.283. The molecule has 0 fully saturated rings. The Bertz CT molecular complexity index is 828. The van der Waals surface area contributed by atoms with Crippen LogP contribution >= 0.6 is 0 Å². The quantitative estimate of drug-likeness (QED) is 0.733. The molecular formula is C17H17N3O. The van der Waals surface area contributed by atoms with Crippen LogP contribution in [-0.2, 0) is 12.8 Å². The number of rotatable bonds is 2. The zero-order chi connectivity index (χ0) is 14.4. The molecule has 1 unspecified atom stereocenters. The fourth-order valence-corrected chi connectivity index (χ4v) is 3.38. The minimum atomic E-state index is 0.0396. The summed E-state index contributed by atoms with van der Waals surface area (Å²) in [4.78, 5) is 20.5. The molecule has 0 spiro atoms. The average Bonchev–Trinajstić information content (AvgIpc) is 3.08. The molecule has 0 radical (unpaired) electrons. The highest BCUT2D eigenvalue weighted by Crippen LogP contribution is 2.28. The highest BCUT2D eigenvalue weighted by Gasteiger charge is 2.29. The van der Waals surface area contributed by atoms with E-state index in [1.165, 1.54) is 5.69 Å². The number of nitrogens with one attached hydrogen (secondary N) is 1. The molecule has 0 saturated heterocycles. The highest BCUT2D eigenvalue weighted by atomic mass is 16.1. The van der Waals surface area contributed by atoms with Crippen molar-refractivity contribution in [1.82, 2.24) is 14.4 Å². The average molecular weight is 279 g/mol. The Labute approximate surface area is 122 Å². The van der Waals surface area contributed by atoms with E-state index in [0.717, 1.165) is 41.7 Å². The molecule has 0 saturated carbocycles. The zero-order valence-corrected chi connectivity index (χ0v) is 12.0. The predicted octanol–water partition coefficient (Wildman–Crippen LogP) is 2.96. The van der Waals surface area contributed by atoms with Crippen LogP contribution < -0.4 is 0 Å². The molecule has 1 atom stereocenters. The number of H-pyrrole nitrogens is 1. The lowest BCUT2D eigenvalue weighted by molar-refractivity contribution is 0.0901. The van der Waals surface area contributed by atoms with Crippen molar-refractivity contribution >= 4 is 11.3 Å². The second-order valence-corrected chi connectivity index (χ2v) is 5.80. The Morgan fingerprint density at radius 1 is 1.43 bits per heavy atom. The summed E-state index contributed by atoms with van der Waals surface area (Å²) in [6, 6.07) is 8.09. The first-order valence-electron chi connectivity index (χ1n) is 7.36. The first-order chi connectivity index (χ1) is 10.2. The summed E-state index contributed by atoms with van der Waals surface area (Å²) in [7, 11) is 0. The van der Waals surface area contributed by atoms with Gasteiger partial charge in [0.25, 0.3) is 0 Å². The molecule has 106 valence electrons. The number of hydrogen-bond donors (Lipinski definition) is 1. The number of nitrogens with zero attached hydrogens (tertiary/aromatic N) is 2. The van der Waals surface area contributed by atoms with Crippen molar-refractivity contribution in [2.45, 2.75) is 26.2 Å². The van der Waals surface area contributed by atoms with E-state index in [4.69, 9.17) is 0 Å². The molecule has 3 aromatic rings. The van der Waals surface area contributed by atoms with Gasteiger partial charge in [0, 0.05) is 29.7 Å². The Morgan fingerprint density at radius 3 is 3.24 bits per heavy atom. The van der Waals surface area contributed by atoms with Gasteiger partial charge >= 0.3 is 0 Å². The van der Waals surface area contributed by atoms with Crippen molar-refractivity contribution < 1.29 is 4.79 Å². The van der Waals surface area contributed by atoms with E-state index in [0.29, 0.717) is 0 Å². The van der Waals surface area contributed by atoms with E-state index in [1.54, 1.807) is 6.33 Å². The fraction of sp³-hybridized carbons (Fsp3) is 0.294. The van der Waals surface area contributed by atoms with E-state index < -0.39 is 0 Å². The second-order valence-electron chi connectivity index (χ2n) is 5.80. The van der Waals surface area contributed by atoms with Crippen molar-refractivity contribution in [2.75, 3.05) is 0 Å². The first-order valence-corrected chi connectivity index (χ1v) is 7.36. The standard InChI is InChI=1S/C17H17N3O/c1-11-8-13-4-2-3-7-20(13)16(11)17(21)12-5-6-14-15(9-12)19-10-18-14/h2-4,7-8,10,12H,5-6,9H2,1H3,(H,18,19). The third-order valence-corrected chi connectivity index (χ3v) is 4.46. The summed E-state index contributed by atoms with van der Waals surface area (Å²) in [6.45, 7) is 2.02. The maximum atomic E-state index is 13.0. The normalized spacial score (nSPS) is 17.9. The molecule has 3 heterocycles. The van der Waals surface area contributed by atoms with Gasteiger partial charge in [0.05, 0.1) is 17.7 Å². The van der Waals surface area contributed by atoms with Gasteiger partial charge in [-0.1, -0.05) is 6.07 Å². The van der Waals surface area contributed by atoms with Crippen molar-refractivity contribution in [2.24, 2.45) is 5.92 Å². The van der Waals surface area contributed by atoms with Gasteiger partial charge in [0.1, 0.15) is 0 Å². The van der Waals surface area contributed by atoms with Crippen LogP contribution in [-0.4, -0.2) is 20.2 Å². The third kappa shape index (κ3) is 1.90. The van der Waals surface area contributed by atoms with Gasteiger partial charge in [-0.25, -0.2) is 4.98 Å². The SMILES string of the molecule is Cc1cc2ccccn2c1C(=O)C1CCc2[nH]cnc2C1. The molecule has 0 aliphatic heterocycles. The van der Waals surface area contributed by atoms with Crippen LogP contribution in [0.5, 0.6) is 0 Å². The molecule has 21 heavy (non-hydrogen) atoms. The maximum Gasteiger partial charge on any atom is 0.183 e. The van der Waals surface area contributed by atoms with Crippen LogP contribution in [0.4, 0.5) is 0 Å². The maximum absolute atomic E-state index is 13.0. The molecule has 4 heteroatoms. The number of aryl methyl sites for hydroxylation is 2. The Morgan fingerprint density at radius 2 is 2.33 bits per heavy atom. The number of carbonyl (C=O) groups excluding carboxylic acids is 1. The van der Waals surface area contributed by atoms with E-state index >= 15 is 0 Å². The number of ketones is 1. The molecule has 1 aliphatic carbocycles. The third-order valence-electron chi connectivity index (χ3n) is 4.46. The smallest absolute Gasteiger partial charge is 0.183 e. The Kier molecular flexibility index (Phi) is 2.70. The number of carbonyl (C=O) groups is 1. The molecule has 0 aromatic carbocycles. The van der Waals surface area contributed by atoms with Gasteiger partial charge < -0.3 is 9.38 Å². The summed E-state index contributed by atoms with van der Waals surface area (Å²) < 4.78 is 2.01. The van der Waals surface area contributed by atoms with Crippen molar-refractivity contribution in [3.63, 3.8) is 0 Å². The van der Waals surface area contributed by atoms with Gasteiger partial charge in [0.15, 0.2) is 5.78 Å². The Balaban J connectivity index is 1.73. The van der Waals surface area contributed by atoms with Crippen molar-refractivity contribution in [3.8, 4) is 0 Å². The van der Waals surface area contributed by atoms with Gasteiger partial charge in [-0.05, 0) is 43.5 Å². The van der Waals surface area contributed by atoms with Crippen LogP contribution in [0.2, 0.25) is 0 Å². The van der Waals surface area contributed by atoms with Gasteiger partial charge in [-0.15, -0.1) is 0 Å². The predicted molar refractivity (Wildman–Crippen MR) is 80.6 cm³/mol. The number of hydrogen-bond acceptors (Lipinski definition) is 2. The number of Topliss-reactive ketones (excluding diaryl/α,β-unsaturated/α-hetero) is 1. The van der Waals surface area contributed by atoms with Crippen LogP contribution in [0.1, 0.15) is 33.9 Å². The Hall–Kier alpha value is -2.36. The van der Waals surface area contributed by atoms with E-state index in [1.807, 2.05) is 35.7 Å². The van der Waals surface area contributed by atoms with Crippen molar-refractivity contribution in [1.29, 1.82) is 0 Å². The summed E-state index contributed by atoms with van der Waals surface area (Å²) in [5.41, 5.74) is 5.21. The number of aromatic nitrogens is 3. The molecule has 1 N–H and O–H groups in total. The van der Waals surface area contributed by atoms with Crippen LogP contribution in [0, 0.1) is 12.8 Å². The topological polar surface area (TPSA) is 50.2 Å². The largest absolute Gasteiger partial charge is 0.348 e. The molecule has 0 bridgehead atoms. The van der Waals surface area contributed by atoms with Crippen LogP contribution in [0.3, 0.4) is 0 Å². The van der Waals surface area contributed by atoms with Gasteiger partial charge in [-0.3, -0.25) is 4.79 Å². The summed E-state index contributed by atoms with van der Waals surface area (Å²) >= 11 is 0. The molecular weight excluding hydrogens is 262 g/mol. The van der Waals surface area contributed by atoms with Crippen LogP contribution in [0.15, 0.2) is 36.8 Å². The van der Waals surface area contributed by atoms with E-state index in [9.17, 15) is 4.79 Å². The molecule has 3 aromatic heterocycles. The molecule has 4 nitrogen and oxygen atoms in total. The first kappa shape index (κ1) is 12.4. The summed E-state index contributed by atoms with van der Waals surface area (Å²) in [5, 5.41) is 0. The number of fused-ring (bicyclic) bond motifs is 2. The lowest BCUT2D eigenvalue weighted by Crippen LogP contribution is -2.24. The van der Waals surface area contributed by atoms with E-state index in [2.05, 4.69) is 16.0 Å². The minimum Gasteiger partial charge on any atom is -0.348 e. The lowest BCUT2D eigenvalue weighted by Gasteiger charge is -2.20. The van der Waals surface area contributed by atoms with E-state index in [-0.39, 0.29) is 11.7 Å².